The van der Waals surface area contributed by atoms with E-state index in [2.05, 4.69) is 21.0 Å². The molecule has 2 aromatic rings. The standard InChI is InChI=1S/C12H12BrFN2O/c1-16-7-9(6-15-16)12(17)5-8-4-10(14)2-3-11(8)13/h2-4,6-7,12,17H,5H2,1H3. The molecule has 17 heavy (non-hydrogen) atoms. The van der Waals surface area contributed by atoms with Gasteiger partial charge in [0.1, 0.15) is 5.82 Å². The molecule has 0 aliphatic heterocycles. The Hall–Kier alpha value is -1.20. The molecule has 1 unspecified atom stereocenters. The van der Waals surface area contributed by atoms with Crippen LogP contribution in [0.25, 0.3) is 0 Å². The molecule has 1 heterocycles. The third-order valence-electron chi connectivity index (χ3n) is 2.53. The Labute approximate surface area is 107 Å². The number of aliphatic hydroxyl groups is 1. The van der Waals surface area contributed by atoms with Crippen LogP contribution >= 0.6 is 15.9 Å². The summed E-state index contributed by atoms with van der Waals surface area (Å²) in [5.41, 5.74) is 1.46. The van der Waals surface area contributed by atoms with Gasteiger partial charge in [-0.25, -0.2) is 4.39 Å². The Balaban J connectivity index is 2.18. The highest BCUT2D eigenvalue weighted by atomic mass is 79.9. The van der Waals surface area contributed by atoms with Crippen LogP contribution in [0, 0.1) is 5.82 Å². The number of benzene rings is 1. The van der Waals surface area contributed by atoms with Crippen molar-refractivity contribution in [2.45, 2.75) is 12.5 Å². The van der Waals surface area contributed by atoms with Gasteiger partial charge in [-0.1, -0.05) is 15.9 Å². The molecular formula is C12H12BrFN2O. The van der Waals surface area contributed by atoms with Crippen LogP contribution in [0.2, 0.25) is 0 Å². The molecule has 0 bridgehead atoms. The van der Waals surface area contributed by atoms with Gasteiger partial charge < -0.3 is 5.11 Å². The van der Waals surface area contributed by atoms with E-state index in [4.69, 9.17) is 0 Å². The van der Waals surface area contributed by atoms with E-state index in [9.17, 15) is 9.50 Å². The molecule has 1 N–H and O–H groups in total. The summed E-state index contributed by atoms with van der Waals surface area (Å²) < 4.78 is 15.5. The zero-order chi connectivity index (χ0) is 12.4. The fraction of sp³-hybridized carbons (Fsp3) is 0.250. The third-order valence-corrected chi connectivity index (χ3v) is 3.30. The fourth-order valence-corrected chi connectivity index (χ4v) is 2.05. The summed E-state index contributed by atoms with van der Waals surface area (Å²) in [5.74, 6) is -0.304. The van der Waals surface area contributed by atoms with Gasteiger partial charge in [-0.3, -0.25) is 4.68 Å². The number of halogens is 2. The number of hydrogen-bond acceptors (Lipinski definition) is 2. The predicted molar refractivity (Wildman–Crippen MR) is 66.0 cm³/mol. The second-order valence-electron chi connectivity index (χ2n) is 3.90. The minimum atomic E-state index is -0.679. The van der Waals surface area contributed by atoms with Crippen molar-refractivity contribution >= 4 is 15.9 Å². The van der Waals surface area contributed by atoms with E-state index in [1.165, 1.54) is 12.1 Å². The molecule has 0 amide bonds. The Kier molecular flexibility index (Phi) is 3.59. The monoisotopic (exact) mass is 298 g/mol. The minimum Gasteiger partial charge on any atom is -0.388 e. The van der Waals surface area contributed by atoms with Gasteiger partial charge in [-0.15, -0.1) is 0 Å². The average molecular weight is 299 g/mol. The van der Waals surface area contributed by atoms with Crippen LogP contribution in [0.5, 0.6) is 0 Å². The van der Waals surface area contributed by atoms with Gasteiger partial charge in [0, 0.05) is 29.7 Å². The first-order valence-corrected chi connectivity index (χ1v) is 5.96. The number of aliphatic hydroxyl groups excluding tert-OH is 1. The van der Waals surface area contributed by atoms with Crippen LogP contribution < -0.4 is 0 Å². The van der Waals surface area contributed by atoms with Gasteiger partial charge in [0.05, 0.1) is 12.3 Å². The summed E-state index contributed by atoms with van der Waals surface area (Å²) >= 11 is 3.34. The highest BCUT2D eigenvalue weighted by Gasteiger charge is 2.12. The average Bonchev–Trinajstić information content (AvgIpc) is 2.70. The summed E-state index contributed by atoms with van der Waals surface area (Å²) in [6.45, 7) is 0. The molecule has 1 atom stereocenters. The maximum absolute atomic E-state index is 13.1. The van der Waals surface area contributed by atoms with Crippen LogP contribution in [0.3, 0.4) is 0 Å². The van der Waals surface area contributed by atoms with Crippen molar-refractivity contribution in [1.82, 2.24) is 9.78 Å². The Morgan fingerprint density at radius 2 is 2.29 bits per heavy atom. The van der Waals surface area contributed by atoms with Crippen molar-refractivity contribution in [3.63, 3.8) is 0 Å². The normalized spacial score (nSPS) is 12.7. The van der Waals surface area contributed by atoms with Crippen LogP contribution in [0.1, 0.15) is 17.2 Å². The minimum absolute atomic E-state index is 0.304. The molecule has 90 valence electrons. The Bertz CT molecular complexity index is 527. The molecule has 1 aromatic heterocycles. The Morgan fingerprint density at radius 3 is 2.94 bits per heavy atom. The maximum atomic E-state index is 13.1. The molecule has 0 fully saturated rings. The van der Waals surface area contributed by atoms with Gasteiger partial charge in [0.15, 0.2) is 0 Å². The van der Waals surface area contributed by atoms with Crippen LogP contribution in [0.15, 0.2) is 35.1 Å². The largest absolute Gasteiger partial charge is 0.388 e. The van der Waals surface area contributed by atoms with E-state index in [0.29, 0.717) is 6.42 Å². The van der Waals surface area contributed by atoms with Crippen LogP contribution in [-0.2, 0) is 13.5 Å². The highest BCUT2D eigenvalue weighted by molar-refractivity contribution is 9.10. The lowest BCUT2D eigenvalue weighted by Gasteiger charge is -2.10. The van der Waals surface area contributed by atoms with E-state index in [1.807, 2.05) is 0 Å². The smallest absolute Gasteiger partial charge is 0.123 e. The number of hydrogen-bond donors (Lipinski definition) is 1. The zero-order valence-electron chi connectivity index (χ0n) is 9.27. The van der Waals surface area contributed by atoms with E-state index in [1.54, 1.807) is 30.2 Å². The van der Waals surface area contributed by atoms with E-state index >= 15 is 0 Å². The Morgan fingerprint density at radius 1 is 1.53 bits per heavy atom. The number of nitrogens with zero attached hydrogens (tertiary/aromatic N) is 2. The lowest BCUT2D eigenvalue weighted by Crippen LogP contribution is -2.02. The molecule has 5 heteroatoms. The van der Waals surface area contributed by atoms with Crippen molar-refractivity contribution in [2.75, 3.05) is 0 Å². The zero-order valence-corrected chi connectivity index (χ0v) is 10.9. The van der Waals surface area contributed by atoms with Gasteiger partial charge in [0.25, 0.3) is 0 Å². The molecule has 0 aliphatic rings. The lowest BCUT2D eigenvalue weighted by atomic mass is 10.0. The van der Waals surface area contributed by atoms with Crippen LogP contribution in [0.4, 0.5) is 4.39 Å². The van der Waals surface area contributed by atoms with E-state index < -0.39 is 6.10 Å². The first-order chi connectivity index (χ1) is 8.06. The SMILES string of the molecule is Cn1cc(C(O)Cc2cc(F)ccc2Br)cn1. The summed E-state index contributed by atoms with van der Waals surface area (Å²) in [6, 6.07) is 4.44. The molecule has 0 saturated carbocycles. The number of aromatic nitrogens is 2. The van der Waals surface area contributed by atoms with Crippen LogP contribution in [-0.4, -0.2) is 14.9 Å². The van der Waals surface area contributed by atoms with Crippen molar-refractivity contribution < 1.29 is 9.50 Å². The molecule has 2 rings (SSSR count). The van der Waals surface area contributed by atoms with Crippen molar-refractivity contribution in [3.05, 3.63) is 52.0 Å². The molecule has 0 aliphatic carbocycles. The van der Waals surface area contributed by atoms with E-state index in [-0.39, 0.29) is 5.82 Å². The summed E-state index contributed by atoms with van der Waals surface area (Å²) in [6.07, 6.45) is 3.03. The number of rotatable bonds is 3. The molecule has 0 spiro atoms. The second-order valence-corrected chi connectivity index (χ2v) is 4.76. The molecule has 0 radical (unpaired) electrons. The first kappa shape index (κ1) is 12.3. The number of aryl methyl sites for hydroxylation is 1. The fourth-order valence-electron chi connectivity index (χ4n) is 1.64. The van der Waals surface area contributed by atoms with Gasteiger partial charge >= 0.3 is 0 Å². The van der Waals surface area contributed by atoms with Crippen molar-refractivity contribution in [3.8, 4) is 0 Å². The summed E-state index contributed by atoms with van der Waals surface area (Å²) in [5, 5.41) is 14.0. The molecule has 1 aromatic carbocycles. The molecule has 0 saturated heterocycles. The second kappa shape index (κ2) is 4.98. The van der Waals surface area contributed by atoms with Gasteiger partial charge in [-0.05, 0) is 23.8 Å². The highest BCUT2D eigenvalue weighted by Crippen LogP contribution is 2.24. The maximum Gasteiger partial charge on any atom is 0.123 e. The quantitative estimate of drug-likeness (QED) is 0.946. The summed E-state index contributed by atoms with van der Waals surface area (Å²) in [4.78, 5) is 0. The van der Waals surface area contributed by atoms with E-state index in [0.717, 1.165) is 15.6 Å². The molecule has 3 nitrogen and oxygen atoms in total. The van der Waals surface area contributed by atoms with Crippen molar-refractivity contribution in [1.29, 1.82) is 0 Å². The van der Waals surface area contributed by atoms with Gasteiger partial charge in [-0.2, -0.15) is 5.10 Å². The predicted octanol–water partition coefficient (Wildman–Crippen LogP) is 2.60. The van der Waals surface area contributed by atoms with Gasteiger partial charge in [0.2, 0.25) is 0 Å². The third kappa shape index (κ3) is 2.92. The summed E-state index contributed by atoms with van der Waals surface area (Å²) in [7, 11) is 1.79. The molecular weight excluding hydrogens is 287 g/mol. The topological polar surface area (TPSA) is 38.0 Å². The van der Waals surface area contributed by atoms with Crippen molar-refractivity contribution in [2.24, 2.45) is 7.05 Å². The lowest BCUT2D eigenvalue weighted by molar-refractivity contribution is 0.178. The first-order valence-electron chi connectivity index (χ1n) is 5.17.